The monoisotopic (exact) mass is 317 g/mol. The van der Waals surface area contributed by atoms with Crippen LogP contribution in [0.3, 0.4) is 0 Å². The van der Waals surface area contributed by atoms with Gasteiger partial charge in [0.1, 0.15) is 11.3 Å². The molecule has 0 radical (unpaired) electrons. The number of benzene rings is 1. The lowest BCUT2D eigenvalue weighted by atomic mass is 9.97. The molecule has 0 aliphatic heterocycles. The Bertz CT molecular complexity index is 607. The van der Waals surface area contributed by atoms with E-state index < -0.39 is 5.97 Å². The lowest BCUT2D eigenvalue weighted by molar-refractivity contribution is -0.124. The summed E-state index contributed by atoms with van der Waals surface area (Å²) in [5.41, 5.74) is 2.29. The summed E-state index contributed by atoms with van der Waals surface area (Å²) in [6, 6.07) is 4.67. The van der Waals surface area contributed by atoms with E-state index in [1.165, 1.54) is 30.5 Å². The molecule has 0 unspecified atom stereocenters. The molecular weight excluding hydrogens is 294 g/mol. The second kappa shape index (κ2) is 8.36. The number of nitrogens with one attached hydrogen (secondary N) is 1. The number of aromatic hydroxyl groups is 1. The molecule has 0 atom stereocenters. The molecule has 0 heterocycles. The van der Waals surface area contributed by atoms with Crippen molar-refractivity contribution in [1.82, 2.24) is 5.32 Å². The minimum Gasteiger partial charge on any atom is -0.507 e. The summed E-state index contributed by atoms with van der Waals surface area (Å²) in [4.78, 5) is 23.5. The van der Waals surface area contributed by atoms with E-state index in [9.17, 15) is 14.7 Å². The Morgan fingerprint density at radius 3 is 2.83 bits per heavy atom. The maximum Gasteiger partial charge on any atom is 0.342 e. The SMILES string of the molecule is Cc1ccc(C(=O)OCC(=O)NCCC2=CCCCC2)c(O)c1. The van der Waals surface area contributed by atoms with E-state index >= 15 is 0 Å². The number of rotatable bonds is 6. The molecule has 124 valence electrons. The second-order valence-corrected chi connectivity index (χ2v) is 5.80. The van der Waals surface area contributed by atoms with Gasteiger partial charge in [0.15, 0.2) is 6.61 Å². The largest absolute Gasteiger partial charge is 0.507 e. The average molecular weight is 317 g/mol. The summed E-state index contributed by atoms with van der Waals surface area (Å²) in [7, 11) is 0. The number of amides is 1. The number of aryl methyl sites for hydroxylation is 1. The normalized spacial score (nSPS) is 14.0. The maximum absolute atomic E-state index is 11.8. The van der Waals surface area contributed by atoms with E-state index in [0.717, 1.165) is 24.8 Å². The molecule has 2 N–H and O–H groups in total. The Balaban J connectivity index is 1.71. The van der Waals surface area contributed by atoms with Crippen LogP contribution in [-0.2, 0) is 9.53 Å². The summed E-state index contributed by atoms with van der Waals surface area (Å²) >= 11 is 0. The first kappa shape index (κ1) is 17.1. The fraction of sp³-hybridized carbons (Fsp3) is 0.444. The van der Waals surface area contributed by atoms with E-state index in [1.807, 2.05) is 6.92 Å². The third kappa shape index (κ3) is 5.43. The summed E-state index contributed by atoms with van der Waals surface area (Å²) in [6.07, 6.45) is 7.79. The molecule has 1 aromatic rings. The van der Waals surface area contributed by atoms with Crippen molar-refractivity contribution < 1.29 is 19.4 Å². The van der Waals surface area contributed by atoms with Crippen molar-refractivity contribution >= 4 is 11.9 Å². The number of phenols is 1. The predicted molar refractivity (Wildman–Crippen MR) is 87.3 cm³/mol. The van der Waals surface area contributed by atoms with E-state index in [-0.39, 0.29) is 23.8 Å². The lowest BCUT2D eigenvalue weighted by Crippen LogP contribution is -2.29. The maximum atomic E-state index is 11.8. The van der Waals surface area contributed by atoms with Gasteiger partial charge >= 0.3 is 5.97 Å². The number of esters is 1. The topological polar surface area (TPSA) is 75.6 Å². The van der Waals surface area contributed by atoms with Gasteiger partial charge in [0.25, 0.3) is 5.91 Å². The van der Waals surface area contributed by atoms with Crippen LogP contribution in [0.25, 0.3) is 0 Å². The van der Waals surface area contributed by atoms with Crippen LogP contribution in [-0.4, -0.2) is 30.1 Å². The van der Waals surface area contributed by atoms with Crippen molar-refractivity contribution in [2.75, 3.05) is 13.2 Å². The van der Waals surface area contributed by atoms with E-state index in [1.54, 1.807) is 6.07 Å². The van der Waals surface area contributed by atoms with Crippen LogP contribution in [0.2, 0.25) is 0 Å². The summed E-state index contributed by atoms with van der Waals surface area (Å²) in [5, 5.41) is 12.4. The van der Waals surface area contributed by atoms with Gasteiger partial charge < -0.3 is 15.2 Å². The van der Waals surface area contributed by atoms with Crippen molar-refractivity contribution in [2.45, 2.75) is 39.0 Å². The minimum atomic E-state index is -0.701. The number of hydrogen-bond acceptors (Lipinski definition) is 4. The number of phenolic OH excluding ortho intramolecular Hbond substituents is 1. The third-order valence-electron chi connectivity index (χ3n) is 3.86. The zero-order chi connectivity index (χ0) is 16.7. The molecule has 0 aromatic heterocycles. The number of carbonyl (C=O) groups is 2. The Morgan fingerprint density at radius 1 is 1.30 bits per heavy atom. The van der Waals surface area contributed by atoms with Gasteiger partial charge in [0, 0.05) is 6.54 Å². The van der Waals surface area contributed by atoms with Gasteiger partial charge in [-0.05, 0) is 56.7 Å². The minimum absolute atomic E-state index is 0.0655. The number of hydrogen-bond donors (Lipinski definition) is 2. The highest BCUT2D eigenvalue weighted by Crippen LogP contribution is 2.20. The highest BCUT2D eigenvalue weighted by molar-refractivity contribution is 5.93. The van der Waals surface area contributed by atoms with Gasteiger partial charge in [-0.3, -0.25) is 4.79 Å². The standard InChI is InChI=1S/C18H23NO4/c1-13-7-8-15(16(20)11-13)18(22)23-12-17(21)19-10-9-14-5-3-2-4-6-14/h5,7-8,11,20H,2-4,6,9-10,12H2,1H3,(H,19,21). The summed E-state index contributed by atoms with van der Waals surface area (Å²) in [6.45, 7) is 2.02. The van der Waals surface area contributed by atoms with Crippen molar-refractivity contribution in [3.05, 3.63) is 41.0 Å². The smallest absolute Gasteiger partial charge is 0.342 e. The first-order chi connectivity index (χ1) is 11.1. The highest BCUT2D eigenvalue weighted by Gasteiger charge is 2.14. The molecule has 0 fully saturated rings. The Kier molecular flexibility index (Phi) is 6.20. The lowest BCUT2D eigenvalue weighted by Gasteiger charge is -2.13. The van der Waals surface area contributed by atoms with Crippen LogP contribution >= 0.6 is 0 Å². The predicted octanol–water partition coefficient (Wildman–Crippen LogP) is 2.86. The van der Waals surface area contributed by atoms with Crippen molar-refractivity contribution in [2.24, 2.45) is 0 Å². The van der Waals surface area contributed by atoms with E-state index in [2.05, 4.69) is 11.4 Å². The van der Waals surface area contributed by atoms with Crippen LogP contribution in [0.5, 0.6) is 5.75 Å². The first-order valence-corrected chi connectivity index (χ1v) is 7.97. The van der Waals surface area contributed by atoms with E-state index in [4.69, 9.17) is 4.74 Å². The van der Waals surface area contributed by atoms with Gasteiger partial charge in [-0.2, -0.15) is 0 Å². The molecule has 2 rings (SSSR count). The van der Waals surface area contributed by atoms with Crippen molar-refractivity contribution in [3.63, 3.8) is 0 Å². The Morgan fingerprint density at radius 2 is 2.13 bits per heavy atom. The van der Waals surface area contributed by atoms with Gasteiger partial charge in [0.2, 0.25) is 0 Å². The highest BCUT2D eigenvalue weighted by atomic mass is 16.5. The molecular formula is C18H23NO4. The number of carbonyl (C=O) groups excluding carboxylic acids is 2. The van der Waals surface area contributed by atoms with Crippen molar-refractivity contribution in [1.29, 1.82) is 0 Å². The molecule has 0 spiro atoms. The molecule has 1 aromatic carbocycles. The Hall–Kier alpha value is -2.30. The third-order valence-corrected chi connectivity index (χ3v) is 3.86. The molecule has 1 aliphatic rings. The van der Waals surface area contributed by atoms with Crippen LogP contribution in [0.4, 0.5) is 0 Å². The molecule has 0 saturated carbocycles. The molecule has 5 heteroatoms. The first-order valence-electron chi connectivity index (χ1n) is 7.97. The molecule has 5 nitrogen and oxygen atoms in total. The molecule has 1 amide bonds. The number of ether oxygens (including phenoxy) is 1. The zero-order valence-corrected chi connectivity index (χ0v) is 13.4. The van der Waals surface area contributed by atoms with Crippen LogP contribution in [0.15, 0.2) is 29.8 Å². The van der Waals surface area contributed by atoms with E-state index in [0.29, 0.717) is 6.54 Å². The van der Waals surface area contributed by atoms with Crippen LogP contribution in [0, 0.1) is 6.92 Å². The summed E-state index contributed by atoms with van der Waals surface area (Å²) < 4.78 is 4.93. The van der Waals surface area contributed by atoms with Gasteiger partial charge in [-0.1, -0.05) is 17.7 Å². The zero-order valence-electron chi connectivity index (χ0n) is 13.4. The van der Waals surface area contributed by atoms with Crippen LogP contribution < -0.4 is 5.32 Å². The van der Waals surface area contributed by atoms with Crippen molar-refractivity contribution in [3.8, 4) is 5.75 Å². The second-order valence-electron chi connectivity index (χ2n) is 5.80. The average Bonchev–Trinajstić information content (AvgIpc) is 2.53. The van der Waals surface area contributed by atoms with Gasteiger partial charge in [-0.15, -0.1) is 0 Å². The quantitative estimate of drug-likeness (QED) is 0.625. The fourth-order valence-electron chi connectivity index (χ4n) is 2.57. The molecule has 23 heavy (non-hydrogen) atoms. The summed E-state index contributed by atoms with van der Waals surface area (Å²) in [5.74, 6) is -1.17. The molecule has 1 aliphatic carbocycles. The molecule has 0 bridgehead atoms. The molecule has 0 saturated heterocycles. The fourth-order valence-corrected chi connectivity index (χ4v) is 2.57. The van der Waals surface area contributed by atoms with Gasteiger partial charge in [-0.25, -0.2) is 4.79 Å². The Labute approximate surface area is 136 Å². The van der Waals surface area contributed by atoms with Crippen LogP contribution in [0.1, 0.15) is 48.0 Å². The van der Waals surface area contributed by atoms with Gasteiger partial charge in [0.05, 0.1) is 0 Å². The number of allylic oxidation sites excluding steroid dienone is 1.